The molecule has 0 aliphatic heterocycles. The van der Waals surface area contributed by atoms with Crippen LogP contribution in [0.15, 0.2) is 76.6 Å². The minimum atomic E-state index is -3.40. The molecule has 0 heterocycles. The van der Waals surface area contributed by atoms with E-state index in [-0.39, 0.29) is 6.04 Å². The molecule has 0 amide bonds. The van der Waals surface area contributed by atoms with E-state index in [9.17, 15) is 8.42 Å². The first kappa shape index (κ1) is 20.0. The van der Waals surface area contributed by atoms with Gasteiger partial charge in [-0.3, -0.25) is 0 Å². The van der Waals surface area contributed by atoms with Crippen molar-refractivity contribution < 1.29 is 13.1 Å². The highest BCUT2D eigenvalue weighted by Crippen LogP contribution is 2.25. The Morgan fingerprint density at radius 2 is 1.71 bits per heavy atom. The first-order valence-corrected chi connectivity index (χ1v) is 10.8. The van der Waals surface area contributed by atoms with Crippen molar-refractivity contribution in [3.05, 3.63) is 72.3 Å². The molecule has 1 unspecified atom stereocenters. The fraction of sp³-hybridized carbons (Fsp3) is 0.227. The number of aliphatic imine (C=N–C) groups is 1. The van der Waals surface area contributed by atoms with Crippen molar-refractivity contribution in [2.24, 2.45) is 4.99 Å². The largest absolute Gasteiger partial charge is 0.357 e. The Morgan fingerprint density at radius 1 is 1.04 bits per heavy atom. The molecule has 3 aromatic rings. The molecule has 0 aromatic heterocycles. The molecule has 6 heteroatoms. The lowest BCUT2D eigenvalue weighted by atomic mass is 10.1. The Labute approximate surface area is 166 Å². The van der Waals surface area contributed by atoms with Gasteiger partial charge in [-0.2, -0.15) is 8.42 Å². The van der Waals surface area contributed by atoms with Gasteiger partial charge in [-0.05, 0) is 37.4 Å². The molecule has 5 nitrogen and oxygen atoms in total. The van der Waals surface area contributed by atoms with Crippen molar-refractivity contribution >= 4 is 32.8 Å². The van der Waals surface area contributed by atoms with Gasteiger partial charge >= 0.3 is 10.0 Å². The number of sulfonamides is 1. The van der Waals surface area contributed by atoms with E-state index in [0.29, 0.717) is 11.4 Å². The summed E-state index contributed by atoms with van der Waals surface area (Å²) in [4.78, 5) is 6.87. The number of nitrogens with zero attached hydrogens (tertiary/aromatic N) is 2. The van der Waals surface area contributed by atoms with Crippen LogP contribution in [-0.2, 0) is 10.0 Å². The lowest BCUT2D eigenvalue weighted by Gasteiger charge is -2.20. The van der Waals surface area contributed by atoms with Crippen LogP contribution in [0.3, 0.4) is 0 Å². The Bertz CT molecular complexity index is 1070. The summed E-state index contributed by atoms with van der Waals surface area (Å²) in [7, 11) is -1.49. The molecule has 1 atom stereocenters. The number of primary sulfonamides is 1. The number of likely N-dealkylation sites (N-methyl/N-ethyl adjacent to an activating group) is 1. The fourth-order valence-corrected chi connectivity index (χ4v) is 4.08. The van der Waals surface area contributed by atoms with Crippen LogP contribution in [0.25, 0.3) is 10.8 Å². The van der Waals surface area contributed by atoms with Crippen molar-refractivity contribution in [1.82, 2.24) is 4.90 Å². The topological polar surface area (TPSA) is 66.3 Å². The van der Waals surface area contributed by atoms with E-state index in [1.165, 1.54) is 4.72 Å². The van der Waals surface area contributed by atoms with E-state index in [2.05, 4.69) is 17.1 Å². The number of quaternary nitrogens is 1. The maximum atomic E-state index is 12.5. The number of hydrogen-bond acceptors (Lipinski definition) is 3. The Balaban J connectivity index is 1.65. The van der Waals surface area contributed by atoms with Crippen LogP contribution in [0.4, 0.5) is 5.69 Å². The Hall–Kier alpha value is -2.70. The molecular formula is C22H26N3O2S+. The summed E-state index contributed by atoms with van der Waals surface area (Å²) in [6, 6.07) is 21.1. The smallest absolute Gasteiger partial charge is 0.324 e. The molecule has 0 bridgehead atoms. The van der Waals surface area contributed by atoms with Gasteiger partial charge in [-0.1, -0.05) is 54.1 Å². The molecule has 0 radical (unpaired) electrons. The predicted molar refractivity (Wildman–Crippen MR) is 114 cm³/mol. The Morgan fingerprint density at radius 3 is 2.46 bits per heavy atom. The molecule has 146 valence electrons. The molecule has 0 fully saturated rings. The molecule has 28 heavy (non-hydrogen) atoms. The van der Waals surface area contributed by atoms with Gasteiger partial charge in [-0.15, -0.1) is 0 Å². The summed E-state index contributed by atoms with van der Waals surface area (Å²) in [5.74, 6) is 0. The van der Waals surface area contributed by atoms with Gasteiger partial charge in [-0.25, -0.2) is 9.71 Å². The third-order valence-electron chi connectivity index (χ3n) is 4.85. The van der Waals surface area contributed by atoms with Crippen molar-refractivity contribution in [2.45, 2.75) is 24.8 Å². The number of aryl methyl sites for hydroxylation is 1. The van der Waals surface area contributed by atoms with Gasteiger partial charge in [0, 0.05) is 12.4 Å². The maximum absolute atomic E-state index is 12.5. The van der Waals surface area contributed by atoms with E-state index in [4.69, 9.17) is 0 Å². The number of fused-ring (bicyclic) bond motifs is 1. The summed E-state index contributed by atoms with van der Waals surface area (Å²) < 4.78 is 26.4. The van der Waals surface area contributed by atoms with Crippen LogP contribution in [0.5, 0.6) is 0 Å². The molecule has 0 saturated heterocycles. The highest BCUT2D eigenvalue weighted by Gasteiger charge is 2.19. The quantitative estimate of drug-likeness (QED) is 0.493. The standard InChI is InChI=1S/C22H25N3O2S/c1-17-11-13-20(14-12-17)28(26,27)24-15-18(2)25(3)16-23-22-10-6-8-19-7-4-5-9-21(19)22/h4-14,16,18,24H,15H2,1-3H3/p+1. The number of rotatable bonds is 7. The average molecular weight is 397 g/mol. The summed E-state index contributed by atoms with van der Waals surface area (Å²) in [5, 5.41) is 2.24. The molecule has 0 spiro atoms. The molecular weight excluding hydrogens is 370 g/mol. The zero-order valence-electron chi connectivity index (χ0n) is 16.4. The molecule has 0 aliphatic rings. The summed E-state index contributed by atoms with van der Waals surface area (Å²) in [6.07, 6.45) is 1.76. The minimum Gasteiger partial charge on any atom is -0.357 e. The first-order chi connectivity index (χ1) is 13.4. The van der Waals surface area contributed by atoms with Gasteiger partial charge in [0.05, 0.1) is 18.1 Å². The zero-order valence-corrected chi connectivity index (χ0v) is 17.2. The number of benzene rings is 3. The van der Waals surface area contributed by atoms with Crippen LogP contribution >= 0.6 is 0 Å². The summed E-state index contributed by atoms with van der Waals surface area (Å²) in [5.41, 5.74) is 1.94. The highest BCUT2D eigenvalue weighted by atomic mass is 32.2. The van der Waals surface area contributed by atoms with Crippen LogP contribution in [-0.4, -0.2) is 39.3 Å². The molecule has 3 aromatic carbocycles. The predicted octanol–water partition coefficient (Wildman–Crippen LogP) is 3.08. The number of hydrogen-bond donors (Lipinski definition) is 1. The monoisotopic (exact) mass is 396 g/mol. The van der Waals surface area contributed by atoms with Crippen molar-refractivity contribution in [2.75, 3.05) is 13.6 Å². The van der Waals surface area contributed by atoms with E-state index in [1.807, 2.05) is 68.3 Å². The summed E-state index contributed by atoms with van der Waals surface area (Å²) >= 11 is 0. The maximum Gasteiger partial charge on any atom is 0.324 e. The van der Waals surface area contributed by atoms with Gasteiger partial charge in [0.2, 0.25) is 0 Å². The second kappa shape index (κ2) is 8.54. The lowest BCUT2D eigenvalue weighted by molar-refractivity contribution is -0.501. The van der Waals surface area contributed by atoms with Crippen LogP contribution in [0, 0.1) is 6.92 Å². The summed E-state index contributed by atoms with van der Waals surface area (Å²) in [6.45, 7) is 4.33. The van der Waals surface area contributed by atoms with Crippen molar-refractivity contribution in [3.63, 3.8) is 0 Å². The zero-order chi connectivity index (χ0) is 20.1. The average Bonchev–Trinajstić information content (AvgIpc) is 2.70. The highest BCUT2D eigenvalue weighted by molar-refractivity contribution is 7.84. The second-order valence-corrected chi connectivity index (χ2v) is 8.91. The van der Waals surface area contributed by atoms with Gasteiger partial charge in [0.1, 0.15) is 11.4 Å². The number of nitrogens with two attached hydrogens (primary N) is 1. The lowest BCUT2D eigenvalue weighted by Crippen LogP contribution is -2.89. The van der Waals surface area contributed by atoms with Gasteiger partial charge < -0.3 is 4.90 Å². The van der Waals surface area contributed by atoms with E-state index >= 15 is 0 Å². The second-order valence-electron chi connectivity index (χ2n) is 7.02. The van der Waals surface area contributed by atoms with Gasteiger partial charge in [0.25, 0.3) is 0 Å². The normalized spacial score (nSPS) is 13.1. The van der Waals surface area contributed by atoms with Crippen molar-refractivity contribution in [3.8, 4) is 0 Å². The van der Waals surface area contributed by atoms with E-state index in [1.54, 1.807) is 18.5 Å². The fourth-order valence-electron chi connectivity index (χ4n) is 2.84. The van der Waals surface area contributed by atoms with E-state index < -0.39 is 10.0 Å². The molecule has 3 rings (SSSR count). The third-order valence-corrected chi connectivity index (χ3v) is 6.41. The SMILES string of the molecule is Cc1ccc(S(=O)(=O)[NH2+]CC(C)N(C)C=Nc2cccc3ccccc23)cc1. The molecule has 2 N–H and O–H groups in total. The van der Waals surface area contributed by atoms with Crippen LogP contribution in [0.2, 0.25) is 0 Å². The van der Waals surface area contributed by atoms with Gasteiger partial charge in [0.15, 0.2) is 0 Å². The molecule has 0 aliphatic carbocycles. The molecule has 0 saturated carbocycles. The van der Waals surface area contributed by atoms with Crippen LogP contribution < -0.4 is 4.72 Å². The Kier molecular flexibility index (Phi) is 6.11. The minimum absolute atomic E-state index is 0.000972. The van der Waals surface area contributed by atoms with Crippen molar-refractivity contribution in [1.29, 1.82) is 0 Å². The first-order valence-electron chi connectivity index (χ1n) is 9.26. The van der Waals surface area contributed by atoms with E-state index in [0.717, 1.165) is 22.0 Å². The third kappa shape index (κ3) is 4.77. The van der Waals surface area contributed by atoms with Crippen LogP contribution in [0.1, 0.15) is 12.5 Å².